The number of aliphatic hydroxyl groups excluding tert-OH is 1. The van der Waals surface area contributed by atoms with Gasteiger partial charge < -0.3 is 14.9 Å². The predicted octanol–water partition coefficient (Wildman–Crippen LogP) is 5.20. The minimum atomic E-state index is -0.954. The molecule has 0 fully saturated rings. The van der Waals surface area contributed by atoms with Crippen molar-refractivity contribution in [2.75, 3.05) is 0 Å². The fourth-order valence-corrected chi connectivity index (χ4v) is 4.03. The number of hydrogen-bond acceptors (Lipinski definition) is 4. The highest BCUT2D eigenvalue weighted by atomic mass is 16.6. The minimum absolute atomic E-state index is 0.0126. The number of benzene rings is 2. The Hall–Kier alpha value is -2.75. The zero-order valence-electron chi connectivity index (χ0n) is 15.8. The van der Waals surface area contributed by atoms with Gasteiger partial charge in [-0.25, -0.2) is 0 Å². The van der Waals surface area contributed by atoms with E-state index < -0.39 is 17.5 Å². The first-order chi connectivity index (χ1) is 13.0. The summed E-state index contributed by atoms with van der Waals surface area (Å²) in [5.41, 5.74) is 0.537. The Labute approximate surface area is 160 Å². The van der Waals surface area contributed by atoms with E-state index in [9.17, 15) is 15.0 Å². The summed E-state index contributed by atoms with van der Waals surface area (Å²) < 4.78 is 5.97. The standard InChI is InChI=1S/C23H26O4/c1-3-14-23(16-10-6-5-7-11-16)15-20(25)21(22(26)27-23)17(4-2)18-12-8-9-13-19(18)24/h5-13,15,17,21,24-25H,3-4,14H2,1-2H3. The highest BCUT2D eigenvalue weighted by Crippen LogP contribution is 2.45. The molecule has 0 aromatic heterocycles. The van der Waals surface area contributed by atoms with Crippen molar-refractivity contribution in [2.24, 2.45) is 5.92 Å². The van der Waals surface area contributed by atoms with Gasteiger partial charge in [-0.1, -0.05) is 68.8 Å². The fourth-order valence-electron chi connectivity index (χ4n) is 4.03. The number of carbonyl (C=O) groups is 1. The molecule has 2 N–H and O–H groups in total. The van der Waals surface area contributed by atoms with E-state index in [1.165, 1.54) is 0 Å². The molecular formula is C23H26O4. The van der Waals surface area contributed by atoms with Crippen LogP contribution in [-0.2, 0) is 15.1 Å². The number of phenols is 1. The first kappa shape index (κ1) is 19.0. The van der Waals surface area contributed by atoms with Crippen LogP contribution < -0.4 is 0 Å². The van der Waals surface area contributed by atoms with Gasteiger partial charge >= 0.3 is 5.97 Å². The van der Waals surface area contributed by atoms with Crippen molar-refractivity contribution in [2.45, 2.75) is 44.6 Å². The maximum atomic E-state index is 13.0. The molecular weight excluding hydrogens is 340 g/mol. The fraction of sp³-hybridized carbons (Fsp3) is 0.348. The SMILES string of the molecule is CCCC1(c2ccccc2)C=C(O)C(C(CC)c2ccccc2O)C(=O)O1. The maximum Gasteiger partial charge on any atom is 0.318 e. The van der Waals surface area contributed by atoms with Gasteiger partial charge in [-0.15, -0.1) is 0 Å². The summed E-state index contributed by atoms with van der Waals surface area (Å²) in [7, 11) is 0. The number of rotatable bonds is 6. The van der Waals surface area contributed by atoms with Crippen molar-refractivity contribution in [1.29, 1.82) is 0 Å². The molecule has 1 heterocycles. The Morgan fingerprint density at radius 2 is 1.70 bits per heavy atom. The average molecular weight is 366 g/mol. The van der Waals surface area contributed by atoms with Crippen LogP contribution in [0, 0.1) is 5.92 Å². The van der Waals surface area contributed by atoms with E-state index in [1.54, 1.807) is 24.3 Å². The molecule has 0 amide bonds. The van der Waals surface area contributed by atoms with Crippen LogP contribution >= 0.6 is 0 Å². The zero-order chi connectivity index (χ0) is 19.4. The minimum Gasteiger partial charge on any atom is -0.512 e. The van der Waals surface area contributed by atoms with Crippen LogP contribution in [0.2, 0.25) is 0 Å². The molecule has 2 aromatic rings. The maximum absolute atomic E-state index is 13.0. The van der Waals surface area contributed by atoms with E-state index in [1.807, 2.05) is 50.2 Å². The largest absolute Gasteiger partial charge is 0.512 e. The number of cyclic esters (lactones) is 1. The molecule has 1 aliphatic rings. The molecule has 3 rings (SSSR count). The Kier molecular flexibility index (Phi) is 5.54. The number of ether oxygens (including phenoxy) is 1. The molecule has 2 aromatic carbocycles. The van der Waals surface area contributed by atoms with Crippen molar-refractivity contribution in [3.63, 3.8) is 0 Å². The topological polar surface area (TPSA) is 66.8 Å². The molecule has 0 saturated carbocycles. The quantitative estimate of drug-likeness (QED) is 0.690. The molecule has 142 valence electrons. The second-order valence-electron chi connectivity index (χ2n) is 7.05. The smallest absolute Gasteiger partial charge is 0.318 e. The monoisotopic (exact) mass is 366 g/mol. The third-order valence-electron chi connectivity index (χ3n) is 5.30. The number of aromatic hydroxyl groups is 1. The molecule has 0 saturated heterocycles. The predicted molar refractivity (Wildman–Crippen MR) is 104 cm³/mol. The van der Waals surface area contributed by atoms with E-state index in [2.05, 4.69) is 0 Å². The second kappa shape index (κ2) is 7.87. The van der Waals surface area contributed by atoms with E-state index >= 15 is 0 Å². The summed E-state index contributed by atoms with van der Waals surface area (Å²) in [4.78, 5) is 13.0. The van der Waals surface area contributed by atoms with Gasteiger partial charge in [0.1, 0.15) is 17.4 Å². The van der Waals surface area contributed by atoms with Gasteiger partial charge in [0.25, 0.3) is 0 Å². The molecule has 4 nitrogen and oxygen atoms in total. The molecule has 4 heteroatoms. The molecule has 3 unspecified atom stereocenters. The van der Waals surface area contributed by atoms with Gasteiger partial charge in [0.15, 0.2) is 5.60 Å². The third kappa shape index (κ3) is 3.57. The number of hydrogen-bond donors (Lipinski definition) is 2. The lowest BCUT2D eigenvalue weighted by Gasteiger charge is -2.39. The molecule has 0 aliphatic carbocycles. The van der Waals surface area contributed by atoms with E-state index in [4.69, 9.17) is 4.74 Å². The average Bonchev–Trinajstić information content (AvgIpc) is 2.66. The highest BCUT2D eigenvalue weighted by molar-refractivity contribution is 5.79. The first-order valence-corrected chi connectivity index (χ1v) is 9.50. The van der Waals surface area contributed by atoms with E-state index in [0.29, 0.717) is 18.4 Å². The summed E-state index contributed by atoms with van der Waals surface area (Å²) in [6.07, 6.45) is 3.65. The van der Waals surface area contributed by atoms with Crippen LogP contribution in [-0.4, -0.2) is 16.2 Å². The summed E-state index contributed by atoms with van der Waals surface area (Å²) in [6, 6.07) is 16.5. The zero-order valence-corrected chi connectivity index (χ0v) is 15.8. The van der Waals surface area contributed by atoms with Crippen LogP contribution in [0.3, 0.4) is 0 Å². The van der Waals surface area contributed by atoms with Gasteiger partial charge in [0, 0.05) is 12.0 Å². The number of carbonyl (C=O) groups excluding carboxylic acids is 1. The van der Waals surface area contributed by atoms with Gasteiger partial charge in [-0.3, -0.25) is 4.79 Å². The number of phenolic OH excluding ortho intramolecular Hbond substituents is 1. The number of para-hydroxylation sites is 1. The van der Waals surface area contributed by atoms with Crippen molar-refractivity contribution in [3.8, 4) is 5.75 Å². The third-order valence-corrected chi connectivity index (χ3v) is 5.30. The summed E-state index contributed by atoms with van der Waals surface area (Å²) >= 11 is 0. The molecule has 0 spiro atoms. The molecule has 3 atom stereocenters. The summed E-state index contributed by atoms with van der Waals surface area (Å²) in [5, 5.41) is 21.1. The van der Waals surface area contributed by atoms with Gasteiger partial charge in [0.05, 0.1) is 0 Å². The lowest BCUT2D eigenvalue weighted by Crippen LogP contribution is -2.41. The lowest BCUT2D eigenvalue weighted by molar-refractivity contribution is -0.166. The Bertz CT molecular complexity index is 827. The van der Waals surface area contributed by atoms with E-state index in [-0.39, 0.29) is 17.4 Å². The van der Waals surface area contributed by atoms with Crippen molar-refractivity contribution < 1.29 is 19.7 Å². The van der Waals surface area contributed by atoms with Crippen LogP contribution in [0.4, 0.5) is 0 Å². The van der Waals surface area contributed by atoms with Crippen molar-refractivity contribution >= 4 is 5.97 Å². The van der Waals surface area contributed by atoms with Gasteiger partial charge in [0.2, 0.25) is 0 Å². The summed E-state index contributed by atoms with van der Waals surface area (Å²) in [5.74, 6) is -1.50. The second-order valence-corrected chi connectivity index (χ2v) is 7.05. The van der Waals surface area contributed by atoms with Crippen molar-refractivity contribution in [1.82, 2.24) is 0 Å². The van der Waals surface area contributed by atoms with Crippen LogP contribution in [0.5, 0.6) is 5.75 Å². The summed E-state index contributed by atoms with van der Waals surface area (Å²) in [6.45, 7) is 3.95. The normalized spacial score (nSPS) is 23.4. The number of esters is 1. The van der Waals surface area contributed by atoms with E-state index in [0.717, 1.165) is 12.0 Å². The Balaban J connectivity index is 2.05. The Morgan fingerprint density at radius 1 is 1.04 bits per heavy atom. The molecule has 27 heavy (non-hydrogen) atoms. The van der Waals surface area contributed by atoms with Gasteiger partial charge in [-0.05, 0) is 30.0 Å². The highest BCUT2D eigenvalue weighted by Gasteiger charge is 2.45. The van der Waals surface area contributed by atoms with Crippen LogP contribution in [0.1, 0.15) is 50.2 Å². The van der Waals surface area contributed by atoms with Crippen LogP contribution in [0.15, 0.2) is 66.4 Å². The lowest BCUT2D eigenvalue weighted by atomic mass is 9.77. The van der Waals surface area contributed by atoms with Crippen molar-refractivity contribution in [3.05, 3.63) is 77.6 Å². The number of aliphatic hydroxyl groups is 1. The Morgan fingerprint density at radius 3 is 2.30 bits per heavy atom. The first-order valence-electron chi connectivity index (χ1n) is 9.50. The van der Waals surface area contributed by atoms with Crippen LogP contribution in [0.25, 0.3) is 0 Å². The molecule has 0 bridgehead atoms. The molecule has 1 aliphatic heterocycles. The molecule has 0 radical (unpaired) electrons. The van der Waals surface area contributed by atoms with Gasteiger partial charge in [-0.2, -0.15) is 0 Å².